The fourth-order valence-corrected chi connectivity index (χ4v) is 4.24. The number of nitrogens with zero attached hydrogens (tertiary/aromatic N) is 1. The van der Waals surface area contributed by atoms with Crippen LogP contribution in [0.3, 0.4) is 0 Å². The van der Waals surface area contributed by atoms with E-state index in [2.05, 4.69) is 20.8 Å². The monoisotopic (exact) mass is 483 g/mol. The standard InChI is InChI=1S/C30H45NO4/c1-27(2,3)20-13-18(24(32)22(15-20)29(7,8)9)16-31(35)17-19-14-21(28(4,5)6)26(34)23(25(19)33)30(10,11)12/h13-15,17,32,34-35H,16H2,1-12H3/b19-17+. The quantitative estimate of drug-likeness (QED) is 0.307. The maximum Gasteiger partial charge on any atom is 0.194 e. The molecule has 3 N–H and O–H groups in total. The zero-order valence-corrected chi connectivity index (χ0v) is 23.7. The molecule has 35 heavy (non-hydrogen) atoms. The van der Waals surface area contributed by atoms with Crippen LogP contribution in [0.15, 0.2) is 46.9 Å². The Hall–Kier alpha value is -2.53. The molecule has 0 spiro atoms. The number of aromatic hydroxyl groups is 1. The van der Waals surface area contributed by atoms with Gasteiger partial charge < -0.3 is 10.2 Å². The number of hydrogen-bond donors (Lipinski definition) is 3. The Kier molecular flexibility index (Phi) is 7.51. The van der Waals surface area contributed by atoms with Crippen molar-refractivity contribution in [3.05, 3.63) is 63.6 Å². The van der Waals surface area contributed by atoms with Gasteiger partial charge in [0.15, 0.2) is 5.78 Å². The third-order valence-corrected chi connectivity index (χ3v) is 6.32. The second kappa shape index (κ2) is 9.16. The minimum Gasteiger partial charge on any atom is -0.507 e. The van der Waals surface area contributed by atoms with Gasteiger partial charge in [-0.25, -0.2) is 0 Å². The summed E-state index contributed by atoms with van der Waals surface area (Å²) < 4.78 is 0. The molecule has 0 unspecified atom stereocenters. The van der Waals surface area contributed by atoms with Gasteiger partial charge in [0.1, 0.15) is 11.5 Å². The summed E-state index contributed by atoms with van der Waals surface area (Å²) >= 11 is 0. The molecule has 0 heterocycles. The number of allylic oxidation sites excluding steroid dienone is 4. The Morgan fingerprint density at radius 2 is 1.34 bits per heavy atom. The molecule has 1 aromatic rings. The zero-order valence-electron chi connectivity index (χ0n) is 23.7. The van der Waals surface area contributed by atoms with Crippen LogP contribution >= 0.6 is 0 Å². The highest BCUT2D eigenvalue weighted by Crippen LogP contribution is 2.42. The molecule has 0 atom stereocenters. The van der Waals surface area contributed by atoms with E-state index >= 15 is 0 Å². The summed E-state index contributed by atoms with van der Waals surface area (Å²) in [7, 11) is 0. The number of carbonyl (C=O) groups excluding carboxylic acids is 1. The van der Waals surface area contributed by atoms with Crippen LogP contribution in [0, 0.1) is 10.8 Å². The Bertz CT molecular complexity index is 1090. The first kappa shape index (κ1) is 28.7. The molecule has 1 aliphatic rings. The Balaban J connectivity index is 2.59. The van der Waals surface area contributed by atoms with Crippen LogP contribution in [0.5, 0.6) is 5.75 Å². The van der Waals surface area contributed by atoms with E-state index in [9.17, 15) is 20.2 Å². The highest BCUT2D eigenvalue weighted by atomic mass is 16.5. The van der Waals surface area contributed by atoms with Crippen LogP contribution in [0.1, 0.15) is 99.8 Å². The average Bonchev–Trinajstić information content (AvgIpc) is 2.61. The molecule has 0 bridgehead atoms. The van der Waals surface area contributed by atoms with E-state index in [1.165, 1.54) is 6.20 Å². The van der Waals surface area contributed by atoms with Gasteiger partial charge in [0.25, 0.3) is 0 Å². The molecule has 0 aromatic heterocycles. The summed E-state index contributed by atoms with van der Waals surface area (Å²) in [6.07, 6.45) is 3.05. The van der Waals surface area contributed by atoms with Gasteiger partial charge in [0, 0.05) is 28.5 Å². The van der Waals surface area contributed by atoms with Crippen LogP contribution in [-0.2, 0) is 22.2 Å². The Morgan fingerprint density at radius 3 is 1.77 bits per heavy atom. The lowest BCUT2D eigenvalue weighted by atomic mass is 9.72. The molecule has 1 aliphatic carbocycles. The summed E-state index contributed by atoms with van der Waals surface area (Å²) in [5.41, 5.74) is 2.32. The van der Waals surface area contributed by atoms with Crippen molar-refractivity contribution in [3.8, 4) is 5.75 Å². The van der Waals surface area contributed by atoms with E-state index in [0.29, 0.717) is 22.3 Å². The highest BCUT2D eigenvalue weighted by Gasteiger charge is 2.37. The number of aliphatic hydroxyl groups excluding tert-OH is 1. The number of rotatable bonds is 3. The smallest absolute Gasteiger partial charge is 0.194 e. The van der Waals surface area contributed by atoms with Gasteiger partial charge in [0.05, 0.1) is 6.54 Å². The fourth-order valence-electron chi connectivity index (χ4n) is 4.24. The molecular weight excluding hydrogens is 438 g/mol. The predicted molar refractivity (Wildman–Crippen MR) is 143 cm³/mol. The molecule has 0 amide bonds. The van der Waals surface area contributed by atoms with Gasteiger partial charge in [-0.1, -0.05) is 89.2 Å². The normalized spacial score (nSPS) is 17.2. The molecule has 0 radical (unpaired) electrons. The second-order valence-electron chi connectivity index (χ2n) is 13.8. The van der Waals surface area contributed by atoms with E-state index in [0.717, 1.165) is 16.2 Å². The van der Waals surface area contributed by atoms with E-state index in [4.69, 9.17) is 0 Å². The van der Waals surface area contributed by atoms with Crippen molar-refractivity contribution in [3.63, 3.8) is 0 Å². The molecule has 0 saturated carbocycles. The minimum absolute atomic E-state index is 0.00878. The summed E-state index contributed by atoms with van der Waals surface area (Å²) in [6.45, 7) is 24.1. The van der Waals surface area contributed by atoms with Gasteiger partial charge in [-0.2, -0.15) is 0 Å². The largest absolute Gasteiger partial charge is 0.507 e. The summed E-state index contributed by atoms with van der Waals surface area (Å²) in [6, 6.07) is 3.95. The van der Waals surface area contributed by atoms with Crippen LogP contribution in [0.2, 0.25) is 0 Å². The third-order valence-electron chi connectivity index (χ3n) is 6.32. The van der Waals surface area contributed by atoms with Crippen LogP contribution in [0.25, 0.3) is 0 Å². The molecule has 1 aromatic carbocycles. The molecule has 0 fully saturated rings. The number of aliphatic hydroxyl groups is 1. The third kappa shape index (κ3) is 6.38. The summed E-state index contributed by atoms with van der Waals surface area (Å²) in [5, 5.41) is 33.9. The maximum atomic E-state index is 13.4. The number of carbonyl (C=O) groups is 1. The lowest BCUT2D eigenvalue weighted by Crippen LogP contribution is -2.29. The van der Waals surface area contributed by atoms with Crippen molar-refractivity contribution < 1.29 is 20.2 Å². The van der Waals surface area contributed by atoms with Crippen molar-refractivity contribution in [1.29, 1.82) is 0 Å². The SMILES string of the molecule is CC(C)(C)C1=C/C(=C\N(O)Cc2cc(C(C)(C)C)cc(C(C)(C)C)c2O)C(=O)C(C(C)(C)C)=C1O. The number of Topliss-reactive ketones (excluding diaryl/α,β-unsaturated/α-hetero) is 1. The van der Waals surface area contributed by atoms with Crippen LogP contribution in [0.4, 0.5) is 0 Å². The second-order valence-corrected chi connectivity index (χ2v) is 13.8. The molecule has 0 aliphatic heterocycles. The first-order chi connectivity index (χ1) is 15.5. The predicted octanol–water partition coefficient (Wildman–Crippen LogP) is 7.48. The number of ketones is 1. The van der Waals surface area contributed by atoms with Gasteiger partial charge in [0.2, 0.25) is 0 Å². The van der Waals surface area contributed by atoms with Crippen molar-refractivity contribution in [1.82, 2.24) is 5.06 Å². The minimum atomic E-state index is -0.577. The molecule has 5 nitrogen and oxygen atoms in total. The van der Waals surface area contributed by atoms with Crippen LogP contribution in [-0.4, -0.2) is 26.3 Å². The zero-order chi connectivity index (χ0) is 27.3. The van der Waals surface area contributed by atoms with Crippen molar-refractivity contribution in [2.75, 3.05) is 0 Å². The maximum absolute atomic E-state index is 13.4. The number of hydroxylamine groups is 2. The first-order valence-corrected chi connectivity index (χ1v) is 12.3. The van der Waals surface area contributed by atoms with Crippen molar-refractivity contribution in [2.24, 2.45) is 10.8 Å². The van der Waals surface area contributed by atoms with E-state index in [1.807, 2.05) is 74.4 Å². The van der Waals surface area contributed by atoms with Gasteiger partial charge in [-0.3, -0.25) is 15.1 Å². The molecule has 5 heteroatoms. The van der Waals surface area contributed by atoms with Crippen molar-refractivity contribution >= 4 is 5.78 Å². The van der Waals surface area contributed by atoms with Crippen LogP contribution < -0.4 is 0 Å². The lowest BCUT2D eigenvalue weighted by molar-refractivity contribution is -0.113. The topological polar surface area (TPSA) is 81.0 Å². The average molecular weight is 484 g/mol. The lowest BCUT2D eigenvalue weighted by Gasteiger charge is -2.32. The van der Waals surface area contributed by atoms with Crippen molar-refractivity contribution in [2.45, 2.75) is 100 Å². The molecular formula is C30H45NO4. The fraction of sp³-hybridized carbons (Fsp3) is 0.567. The van der Waals surface area contributed by atoms with E-state index in [-0.39, 0.29) is 34.7 Å². The first-order valence-electron chi connectivity index (χ1n) is 12.3. The van der Waals surface area contributed by atoms with Gasteiger partial charge in [-0.15, -0.1) is 0 Å². The van der Waals surface area contributed by atoms with Gasteiger partial charge in [-0.05, 0) is 44.9 Å². The number of phenols is 1. The Labute approximate surface area is 211 Å². The number of benzene rings is 1. The summed E-state index contributed by atoms with van der Waals surface area (Å²) in [5.74, 6) is -0.149. The van der Waals surface area contributed by atoms with E-state index < -0.39 is 10.8 Å². The number of hydrogen-bond acceptors (Lipinski definition) is 5. The summed E-state index contributed by atoms with van der Waals surface area (Å²) in [4.78, 5) is 13.4. The van der Waals surface area contributed by atoms with Gasteiger partial charge >= 0.3 is 0 Å². The van der Waals surface area contributed by atoms with E-state index in [1.54, 1.807) is 6.08 Å². The Morgan fingerprint density at radius 1 is 0.800 bits per heavy atom. The molecule has 2 rings (SSSR count). The molecule has 0 saturated heterocycles. The highest BCUT2D eigenvalue weighted by molar-refractivity contribution is 6.13. The number of phenolic OH excluding ortho intramolecular Hbond substituents is 1. The molecule has 194 valence electrons.